The van der Waals surface area contributed by atoms with Crippen LogP contribution in [-0.4, -0.2) is 16.5 Å². The van der Waals surface area contributed by atoms with Crippen molar-refractivity contribution >= 4 is 22.9 Å². The molecule has 1 aromatic heterocycles. The minimum absolute atomic E-state index is 0.321. The van der Waals surface area contributed by atoms with Gasteiger partial charge in [0.15, 0.2) is 0 Å². The summed E-state index contributed by atoms with van der Waals surface area (Å²) in [6.45, 7) is 0.866. The third kappa shape index (κ3) is 3.53. The van der Waals surface area contributed by atoms with Crippen molar-refractivity contribution in [3.8, 4) is 0 Å². The van der Waals surface area contributed by atoms with Crippen molar-refractivity contribution in [3.05, 3.63) is 59.9 Å². The molecule has 0 radical (unpaired) electrons. The fourth-order valence-corrected chi connectivity index (χ4v) is 1.78. The van der Waals surface area contributed by atoms with Crippen molar-refractivity contribution in [2.24, 2.45) is 5.73 Å². The second-order valence-electron chi connectivity index (χ2n) is 3.96. The molecule has 0 bridgehead atoms. The molecule has 0 aliphatic heterocycles. The molecule has 0 aliphatic carbocycles. The van der Waals surface area contributed by atoms with E-state index in [0.29, 0.717) is 10.7 Å². The van der Waals surface area contributed by atoms with Crippen molar-refractivity contribution in [1.29, 1.82) is 0 Å². The van der Waals surface area contributed by atoms with Crippen LogP contribution in [0.3, 0.4) is 0 Å². The Morgan fingerprint density at radius 3 is 2.72 bits per heavy atom. The monoisotopic (exact) mass is 257 g/mol. The lowest BCUT2D eigenvalue weighted by molar-refractivity contribution is 1.02. The van der Waals surface area contributed by atoms with Crippen LogP contribution in [0.25, 0.3) is 0 Å². The number of anilines is 1. The Kier molecular flexibility index (Phi) is 4.25. The number of thiocarbonyl (C=S) groups is 1. The van der Waals surface area contributed by atoms with Crippen LogP contribution >= 0.6 is 12.2 Å². The molecule has 2 aromatic rings. The molecule has 3 N–H and O–H groups in total. The highest BCUT2D eigenvalue weighted by molar-refractivity contribution is 7.80. The van der Waals surface area contributed by atoms with Gasteiger partial charge in [-0.05, 0) is 24.1 Å². The average Bonchev–Trinajstić information content (AvgIpc) is 2.40. The molecule has 0 unspecified atom stereocenters. The molecule has 0 saturated heterocycles. The summed E-state index contributed by atoms with van der Waals surface area (Å²) in [5.41, 5.74) is 8.49. The standard InChI is InChI=1S/C14H15N3S/c15-14(18)13-10-12(7-9-17-13)16-8-6-11-4-2-1-3-5-11/h1-5,7,9-10H,6,8H2,(H2,15,18)(H,16,17). The lowest BCUT2D eigenvalue weighted by Gasteiger charge is -2.07. The van der Waals surface area contributed by atoms with Crippen LogP contribution in [0.2, 0.25) is 0 Å². The number of aromatic nitrogens is 1. The maximum absolute atomic E-state index is 5.54. The Bertz CT molecular complexity index is 526. The van der Waals surface area contributed by atoms with Crippen molar-refractivity contribution in [2.45, 2.75) is 6.42 Å². The van der Waals surface area contributed by atoms with Crippen LogP contribution < -0.4 is 11.1 Å². The van der Waals surface area contributed by atoms with Crippen LogP contribution in [0.4, 0.5) is 5.69 Å². The summed E-state index contributed by atoms with van der Waals surface area (Å²) in [6.07, 6.45) is 2.69. The smallest absolute Gasteiger partial charge is 0.122 e. The predicted octanol–water partition coefficient (Wildman–Crippen LogP) is 2.37. The van der Waals surface area contributed by atoms with E-state index in [0.717, 1.165) is 18.7 Å². The largest absolute Gasteiger partial charge is 0.388 e. The highest BCUT2D eigenvalue weighted by atomic mass is 32.1. The molecule has 0 amide bonds. The Labute approximate surface area is 112 Å². The summed E-state index contributed by atoms with van der Waals surface area (Å²) in [7, 11) is 0. The maximum Gasteiger partial charge on any atom is 0.122 e. The maximum atomic E-state index is 5.54. The normalized spacial score (nSPS) is 10.0. The first-order valence-electron chi connectivity index (χ1n) is 5.79. The van der Waals surface area contributed by atoms with Gasteiger partial charge in [0.05, 0.1) is 5.69 Å². The van der Waals surface area contributed by atoms with Gasteiger partial charge in [-0.3, -0.25) is 4.98 Å². The molecular formula is C14H15N3S. The number of hydrogen-bond donors (Lipinski definition) is 2. The SMILES string of the molecule is NC(=S)c1cc(NCCc2ccccc2)ccn1. The third-order valence-corrected chi connectivity index (χ3v) is 2.81. The Hall–Kier alpha value is -1.94. The quantitative estimate of drug-likeness (QED) is 0.807. The lowest BCUT2D eigenvalue weighted by Crippen LogP contribution is -2.12. The van der Waals surface area contributed by atoms with Crippen molar-refractivity contribution < 1.29 is 0 Å². The van der Waals surface area contributed by atoms with Gasteiger partial charge in [0.2, 0.25) is 0 Å². The van der Waals surface area contributed by atoms with Gasteiger partial charge in [-0.25, -0.2) is 0 Å². The Morgan fingerprint density at radius 2 is 2.00 bits per heavy atom. The summed E-state index contributed by atoms with van der Waals surface area (Å²) in [5, 5.41) is 3.33. The predicted molar refractivity (Wildman–Crippen MR) is 78.8 cm³/mol. The zero-order valence-electron chi connectivity index (χ0n) is 9.97. The van der Waals surface area contributed by atoms with Gasteiger partial charge in [-0.2, -0.15) is 0 Å². The molecule has 0 saturated carbocycles. The zero-order valence-corrected chi connectivity index (χ0v) is 10.8. The molecule has 1 heterocycles. The summed E-state index contributed by atoms with van der Waals surface area (Å²) >= 11 is 4.90. The summed E-state index contributed by atoms with van der Waals surface area (Å²) < 4.78 is 0. The average molecular weight is 257 g/mol. The first-order valence-corrected chi connectivity index (χ1v) is 6.20. The van der Waals surface area contributed by atoms with E-state index < -0.39 is 0 Å². The molecule has 1 aromatic carbocycles. The summed E-state index contributed by atoms with van der Waals surface area (Å²) in [4.78, 5) is 4.42. The molecule has 0 fully saturated rings. The molecule has 18 heavy (non-hydrogen) atoms. The molecule has 4 heteroatoms. The first-order chi connectivity index (χ1) is 8.75. The van der Waals surface area contributed by atoms with Crippen molar-refractivity contribution in [2.75, 3.05) is 11.9 Å². The first kappa shape index (κ1) is 12.5. The fraction of sp³-hybridized carbons (Fsp3) is 0.143. The molecule has 2 rings (SSSR count). The highest BCUT2D eigenvalue weighted by Crippen LogP contribution is 2.08. The number of hydrogen-bond acceptors (Lipinski definition) is 3. The van der Waals surface area contributed by atoms with Gasteiger partial charge in [0, 0.05) is 18.4 Å². The Morgan fingerprint density at radius 1 is 1.22 bits per heavy atom. The van der Waals surface area contributed by atoms with Crippen molar-refractivity contribution in [3.63, 3.8) is 0 Å². The second kappa shape index (κ2) is 6.12. The Balaban J connectivity index is 1.90. The van der Waals surface area contributed by atoms with Crippen molar-refractivity contribution in [1.82, 2.24) is 4.98 Å². The fourth-order valence-electron chi connectivity index (χ4n) is 1.67. The molecule has 0 atom stereocenters. The number of pyridine rings is 1. The van der Waals surface area contributed by atoms with Crippen LogP contribution in [0, 0.1) is 0 Å². The van der Waals surface area contributed by atoms with Gasteiger partial charge in [0.1, 0.15) is 4.99 Å². The highest BCUT2D eigenvalue weighted by Gasteiger charge is 1.99. The molecule has 0 aliphatic rings. The number of benzene rings is 1. The van der Waals surface area contributed by atoms with E-state index in [1.165, 1.54) is 5.56 Å². The van der Waals surface area contributed by atoms with Gasteiger partial charge < -0.3 is 11.1 Å². The van der Waals surface area contributed by atoms with Crippen LogP contribution in [0.15, 0.2) is 48.7 Å². The molecule has 3 nitrogen and oxygen atoms in total. The van der Waals surface area contributed by atoms with Crippen LogP contribution in [0.1, 0.15) is 11.3 Å². The van der Waals surface area contributed by atoms with E-state index in [2.05, 4.69) is 22.4 Å². The number of nitrogens with one attached hydrogen (secondary N) is 1. The minimum atomic E-state index is 0.321. The van der Waals surface area contributed by atoms with E-state index >= 15 is 0 Å². The van der Waals surface area contributed by atoms with Crippen LogP contribution in [-0.2, 0) is 6.42 Å². The van der Waals surface area contributed by atoms with E-state index in [9.17, 15) is 0 Å². The van der Waals surface area contributed by atoms with Gasteiger partial charge in [0.25, 0.3) is 0 Å². The van der Waals surface area contributed by atoms with Gasteiger partial charge in [-0.15, -0.1) is 0 Å². The van der Waals surface area contributed by atoms with E-state index in [1.807, 2.05) is 30.3 Å². The third-order valence-electron chi connectivity index (χ3n) is 2.60. The number of nitrogens with zero attached hydrogens (tertiary/aromatic N) is 1. The topological polar surface area (TPSA) is 50.9 Å². The molecule has 92 valence electrons. The molecular weight excluding hydrogens is 242 g/mol. The minimum Gasteiger partial charge on any atom is -0.388 e. The van der Waals surface area contributed by atoms with Crippen LogP contribution in [0.5, 0.6) is 0 Å². The van der Waals surface area contributed by atoms with E-state index in [4.69, 9.17) is 18.0 Å². The van der Waals surface area contributed by atoms with E-state index in [-0.39, 0.29) is 0 Å². The summed E-state index contributed by atoms with van der Waals surface area (Å²) in [6, 6.07) is 14.1. The lowest BCUT2D eigenvalue weighted by atomic mass is 10.1. The molecule has 0 spiro atoms. The number of nitrogens with two attached hydrogens (primary N) is 1. The van der Waals surface area contributed by atoms with Gasteiger partial charge in [-0.1, -0.05) is 42.5 Å². The van der Waals surface area contributed by atoms with Gasteiger partial charge >= 0.3 is 0 Å². The summed E-state index contributed by atoms with van der Waals surface area (Å²) in [5.74, 6) is 0. The van der Waals surface area contributed by atoms with E-state index in [1.54, 1.807) is 6.20 Å². The number of rotatable bonds is 5. The second-order valence-corrected chi connectivity index (χ2v) is 4.40. The zero-order chi connectivity index (χ0) is 12.8.